The summed E-state index contributed by atoms with van der Waals surface area (Å²) in [4.78, 5) is 26.2. The zero-order chi connectivity index (χ0) is 47.4. The average molecular weight is 917 g/mol. The number of aliphatic hydroxyl groups excluding tert-OH is 2. The Balaban J connectivity index is 4.54. The van der Waals surface area contributed by atoms with Gasteiger partial charge < -0.3 is 20.3 Å². The number of allylic oxidation sites excluding steroid dienone is 4. The predicted molar refractivity (Wildman–Crippen MR) is 283 cm³/mol. The van der Waals surface area contributed by atoms with Crippen molar-refractivity contribution in [3.8, 4) is 0 Å². The maximum absolute atomic E-state index is 13.2. The van der Waals surface area contributed by atoms with Crippen LogP contribution in [0.1, 0.15) is 316 Å². The largest absolute Gasteiger partial charge is 0.462 e. The maximum Gasteiger partial charge on any atom is 0.306 e. The first-order valence-electron chi connectivity index (χ1n) is 29.1. The van der Waals surface area contributed by atoms with Gasteiger partial charge in [0, 0.05) is 6.42 Å². The number of carbonyl (C=O) groups excluding carboxylic acids is 2. The van der Waals surface area contributed by atoms with E-state index in [4.69, 9.17) is 4.74 Å². The van der Waals surface area contributed by atoms with Crippen LogP contribution < -0.4 is 5.32 Å². The van der Waals surface area contributed by atoms with Gasteiger partial charge in [-0.15, -0.1) is 0 Å². The minimum atomic E-state index is -0.796. The molecule has 6 nitrogen and oxygen atoms in total. The van der Waals surface area contributed by atoms with E-state index in [1.165, 1.54) is 212 Å². The van der Waals surface area contributed by atoms with Crippen LogP contribution in [0.5, 0.6) is 0 Å². The van der Waals surface area contributed by atoms with Crippen molar-refractivity contribution in [2.75, 3.05) is 6.61 Å². The molecule has 0 aromatic heterocycles. The summed E-state index contributed by atoms with van der Waals surface area (Å²) in [6.07, 6.45) is 62.5. The van der Waals surface area contributed by atoms with Crippen molar-refractivity contribution in [3.63, 3.8) is 0 Å². The Morgan fingerprint density at radius 1 is 0.446 bits per heavy atom. The van der Waals surface area contributed by atoms with E-state index >= 15 is 0 Å². The lowest BCUT2D eigenvalue weighted by Gasteiger charge is -2.24. The number of esters is 1. The van der Waals surface area contributed by atoms with E-state index in [9.17, 15) is 19.8 Å². The standard InChI is InChI=1S/C59H113NO5/c1-4-7-10-13-16-19-22-25-28-29-30-31-34-37-40-43-46-49-52-59(64)65-55(50-47-44-41-38-35-32-26-23-20-17-14-11-8-5-2)53-58(63)60-56(54-61)57(62)51-48-45-42-39-36-33-27-24-21-18-15-12-9-6-3/h32,35,38,41,55-57,61-62H,4-31,33-34,36-37,39-40,42-54H2,1-3H3,(H,60,63)/b35-32+,41-38+. The molecule has 0 saturated carbocycles. The van der Waals surface area contributed by atoms with Gasteiger partial charge in [-0.1, -0.05) is 283 Å². The van der Waals surface area contributed by atoms with Gasteiger partial charge >= 0.3 is 5.97 Å². The lowest BCUT2D eigenvalue weighted by atomic mass is 10.0. The first kappa shape index (κ1) is 63.3. The molecule has 0 saturated heterocycles. The summed E-state index contributed by atoms with van der Waals surface area (Å²) < 4.78 is 5.94. The number of carbonyl (C=O) groups is 2. The Kier molecular flexibility index (Phi) is 51.9. The molecule has 0 aliphatic heterocycles. The average Bonchev–Trinajstić information content (AvgIpc) is 3.30. The number of rotatable bonds is 53. The zero-order valence-electron chi connectivity index (χ0n) is 43.9. The molecule has 0 bridgehead atoms. The number of nitrogens with one attached hydrogen (secondary N) is 1. The SMILES string of the molecule is CCCCCCCCC/C=C/C=C/CCCC(CC(=O)NC(CO)C(O)CCCCCCCCCCCCCCCC)OC(=O)CCCCCCCCCCCCCCCCCCCC. The number of amides is 1. The third-order valence-electron chi connectivity index (χ3n) is 13.6. The number of unbranched alkanes of at least 4 members (excludes halogenated alkanes) is 38. The van der Waals surface area contributed by atoms with Crippen molar-refractivity contribution in [2.45, 2.75) is 334 Å². The Labute approximate surface area is 405 Å². The summed E-state index contributed by atoms with van der Waals surface area (Å²) in [6, 6.07) is -0.712. The maximum atomic E-state index is 13.2. The van der Waals surface area contributed by atoms with Crippen LogP contribution in [0.3, 0.4) is 0 Å². The highest BCUT2D eigenvalue weighted by Crippen LogP contribution is 2.18. The molecule has 0 aromatic rings. The van der Waals surface area contributed by atoms with Crippen LogP contribution in [-0.4, -0.2) is 46.9 Å². The van der Waals surface area contributed by atoms with E-state index in [1.807, 2.05) is 0 Å². The Hall–Kier alpha value is -1.66. The van der Waals surface area contributed by atoms with E-state index in [0.29, 0.717) is 19.3 Å². The van der Waals surface area contributed by atoms with Crippen molar-refractivity contribution < 1.29 is 24.5 Å². The zero-order valence-corrected chi connectivity index (χ0v) is 43.9. The first-order valence-corrected chi connectivity index (χ1v) is 29.1. The Morgan fingerprint density at radius 2 is 0.785 bits per heavy atom. The summed E-state index contributed by atoms with van der Waals surface area (Å²) in [7, 11) is 0. The van der Waals surface area contributed by atoms with Crippen molar-refractivity contribution >= 4 is 11.9 Å². The Bertz CT molecular complexity index is 1030. The van der Waals surface area contributed by atoms with Crippen molar-refractivity contribution in [1.29, 1.82) is 0 Å². The highest BCUT2D eigenvalue weighted by Gasteiger charge is 2.24. The van der Waals surface area contributed by atoms with Crippen LogP contribution in [-0.2, 0) is 14.3 Å². The molecule has 6 heteroatoms. The Morgan fingerprint density at radius 3 is 1.17 bits per heavy atom. The molecule has 0 aliphatic rings. The highest BCUT2D eigenvalue weighted by molar-refractivity contribution is 5.77. The van der Waals surface area contributed by atoms with Crippen LogP contribution in [0, 0.1) is 0 Å². The number of aliphatic hydroxyl groups is 2. The quantitative estimate of drug-likeness (QED) is 0.0321. The van der Waals surface area contributed by atoms with Gasteiger partial charge in [-0.25, -0.2) is 0 Å². The second kappa shape index (κ2) is 53.3. The third kappa shape index (κ3) is 48.6. The monoisotopic (exact) mass is 916 g/mol. The molecule has 3 atom stereocenters. The molecule has 1 amide bonds. The number of ether oxygens (including phenoxy) is 1. The fourth-order valence-corrected chi connectivity index (χ4v) is 9.14. The van der Waals surface area contributed by atoms with Gasteiger partial charge in [-0.3, -0.25) is 9.59 Å². The van der Waals surface area contributed by atoms with Crippen LogP contribution in [0.25, 0.3) is 0 Å². The molecule has 0 radical (unpaired) electrons. The predicted octanol–water partition coefficient (Wildman–Crippen LogP) is 17.9. The lowest BCUT2D eigenvalue weighted by Crippen LogP contribution is -2.46. The molecule has 65 heavy (non-hydrogen) atoms. The summed E-state index contributed by atoms with van der Waals surface area (Å²) in [5.41, 5.74) is 0. The molecular formula is C59H113NO5. The van der Waals surface area contributed by atoms with Gasteiger partial charge in [0.25, 0.3) is 0 Å². The van der Waals surface area contributed by atoms with Gasteiger partial charge in [0.2, 0.25) is 5.91 Å². The number of hydrogen-bond acceptors (Lipinski definition) is 5. The fraction of sp³-hybridized carbons (Fsp3) is 0.898. The van der Waals surface area contributed by atoms with E-state index in [0.717, 1.165) is 57.8 Å². The van der Waals surface area contributed by atoms with Gasteiger partial charge in [0.15, 0.2) is 0 Å². The lowest BCUT2D eigenvalue weighted by molar-refractivity contribution is -0.151. The van der Waals surface area contributed by atoms with Crippen LogP contribution in [0.2, 0.25) is 0 Å². The van der Waals surface area contributed by atoms with Crippen LogP contribution in [0.4, 0.5) is 0 Å². The van der Waals surface area contributed by atoms with Crippen LogP contribution in [0.15, 0.2) is 24.3 Å². The summed E-state index contributed by atoms with van der Waals surface area (Å²) in [5, 5.41) is 23.8. The van der Waals surface area contributed by atoms with Crippen LogP contribution >= 0.6 is 0 Å². The first-order chi connectivity index (χ1) is 32.0. The number of hydrogen-bond donors (Lipinski definition) is 3. The minimum absolute atomic E-state index is 0.0506. The molecule has 0 heterocycles. The smallest absolute Gasteiger partial charge is 0.306 e. The van der Waals surface area contributed by atoms with Gasteiger partial charge in [0.1, 0.15) is 6.10 Å². The summed E-state index contributed by atoms with van der Waals surface area (Å²) in [6.45, 7) is 6.50. The third-order valence-corrected chi connectivity index (χ3v) is 13.6. The van der Waals surface area contributed by atoms with Gasteiger partial charge in [0.05, 0.1) is 25.2 Å². The molecule has 3 unspecified atom stereocenters. The molecule has 0 fully saturated rings. The molecule has 3 N–H and O–H groups in total. The van der Waals surface area contributed by atoms with E-state index in [-0.39, 0.29) is 24.9 Å². The molecular weight excluding hydrogens is 803 g/mol. The van der Waals surface area contributed by atoms with E-state index in [1.54, 1.807) is 0 Å². The van der Waals surface area contributed by atoms with Gasteiger partial charge in [-0.05, 0) is 44.9 Å². The van der Waals surface area contributed by atoms with Crippen molar-refractivity contribution in [1.82, 2.24) is 5.32 Å². The minimum Gasteiger partial charge on any atom is -0.462 e. The molecule has 0 aliphatic carbocycles. The van der Waals surface area contributed by atoms with E-state index < -0.39 is 18.2 Å². The summed E-state index contributed by atoms with van der Waals surface area (Å²) >= 11 is 0. The second-order valence-corrected chi connectivity index (χ2v) is 20.1. The second-order valence-electron chi connectivity index (χ2n) is 20.1. The molecule has 384 valence electrons. The molecule has 0 rings (SSSR count). The van der Waals surface area contributed by atoms with Crippen molar-refractivity contribution in [2.24, 2.45) is 0 Å². The normalized spacial score (nSPS) is 13.2. The fourth-order valence-electron chi connectivity index (χ4n) is 9.14. The highest BCUT2D eigenvalue weighted by atomic mass is 16.5. The van der Waals surface area contributed by atoms with Crippen molar-refractivity contribution in [3.05, 3.63) is 24.3 Å². The topological polar surface area (TPSA) is 95.9 Å². The van der Waals surface area contributed by atoms with Gasteiger partial charge in [-0.2, -0.15) is 0 Å². The van der Waals surface area contributed by atoms with E-state index in [2.05, 4.69) is 50.4 Å². The summed E-state index contributed by atoms with van der Waals surface area (Å²) in [5.74, 6) is -0.501. The molecule has 0 aromatic carbocycles. The molecule has 0 spiro atoms.